The number of aromatic nitrogens is 2. The van der Waals surface area contributed by atoms with Crippen molar-refractivity contribution in [3.63, 3.8) is 0 Å². The van der Waals surface area contributed by atoms with Crippen molar-refractivity contribution in [1.29, 1.82) is 0 Å². The van der Waals surface area contributed by atoms with E-state index in [1.165, 1.54) is 11.7 Å². The number of aryl methyl sites for hydroxylation is 1. The van der Waals surface area contributed by atoms with E-state index in [4.69, 9.17) is 5.11 Å². The topological polar surface area (TPSA) is 64.4 Å². The summed E-state index contributed by atoms with van der Waals surface area (Å²) in [7, 11) is 1.43. The van der Waals surface area contributed by atoms with Crippen LogP contribution in [0.4, 0.5) is 13.2 Å². The Bertz CT molecular complexity index is 386. The molecule has 5 nitrogen and oxygen atoms in total. The summed E-state index contributed by atoms with van der Waals surface area (Å²) in [5.74, 6) is -1.25. The third-order valence-corrected chi connectivity index (χ3v) is 1.80. The van der Waals surface area contributed by atoms with Crippen LogP contribution in [0, 0.1) is 0 Å². The molecule has 0 saturated carbocycles. The molecule has 0 atom stereocenters. The van der Waals surface area contributed by atoms with Gasteiger partial charge in [0.25, 0.3) is 0 Å². The molecule has 1 rings (SSSR count). The van der Waals surface area contributed by atoms with Gasteiger partial charge in [-0.25, -0.2) is 4.79 Å². The van der Waals surface area contributed by atoms with Gasteiger partial charge >= 0.3 is 12.1 Å². The highest BCUT2D eigenvalue weighted by Gasteiger charge is 2.28. The van der Waals surface area contributed by atoms with Crippen molar-refractivity contribution >= 4 is 5.97 Å². The molecular formula is C8H9F3N2O3. The zero-order valence-corrected chi connectivity index (χ0v) is 8.28. The SMILES string of the molecule is Cn1ncc(C(=O)O)c1COCC(F)(F)F. The third kappa shape index (κ3) is 3.23. The second-order valence-electron chi connectivity index (χ2n) is 3.04. The van der Waals surface area contributed by atoms with E-state index in [1.807, 2.05) is 0 Å². The zero-order chi connectivity index (χ0) is 12.3. The predicted molar refractivity (Wildman–Crippen MR) is 45.9 cm³/mol. The van der Waals surface area contributed by atoms with E-state index in [1.54, 1.807) is 0 Å². The lowest BCUT2D eigenvalue weighted by Crippen LogP contribution is -2.18. The first-order valence-corrected chi connectivity index (χ1v) is 4.20. The van der Waals surface area contributed by atoms with Crippen molar-refractivity contribution in [2.75, 3.05) is 6.61 Å². The van der Waals surface area contributed by atoms with Crippen molar-refractivity contribution in [2.45, 2.75) is 12.8 Å². The van der Waals surface area contributed by atoms with Gasteiger partial charge in [-0.15, -0.1) is 0 Å². The van der Waals surface area contributed by atoms with Crippen molar-refractivity contribution in [2.24, 2.45) is 7.05 Å². The quantitative estimate of drug-likeness (QED) is 0.855. The van der Waals surface area contributed by atoms with Gasteiger partial charge in [-0.2, -0.15) is 18.3 Å². The van der Waals surface area contributed by atoms with Crippen molar-refractivity contribution in [3.8, 4) is 0 Å². The van der Waals surface area contributed by atoms with Crippen molar-refractivity contribution in [1.82, 2.24) is 9.78 Å². The lowest BCUT2D eigenvalue weighted by atomic mass is 10.2. The summed E-state index contributed by atoms with van der Waals surface area (Å²) in [5, 5.41) is 12.3. The van der Waals surface area contributed by atoms with Crippen LogP contribution in [0.5, 0.6) is 0 Å². The molecule has 1 heterocycles. The Morgan fingerprint density at radius 1 is 1.62 bits per heavy atom. The molecule has 0 aromatic carbocycles. The van der Waals surface area contributed by atoms with Crippen LogP contribution in [0.2, 0.25) is 0 Å². The number of ether oxygens (including phenoxy) is 1. The number of hydrogen-bond donors (Lipinski definition) is 1. The number of carboxylic acids is 1. The summed E-state index contributed by atoms with van der Waals surface area (Å²) in [6.07, 6.45) is -3.36. The van der Waals surface area contributed by atoms with Crippen LogP contribution in [0.1, 0.15) is 16.1 Å². The predicted octanol–water partition coefficient (Wildman–Crippen LogP) is 1.20. The molecule has 0 unspecified atom stereocenters. The van der Waals surface area contributed by atoms with Gasteiger partial charge in [0, 0.05) is 7.05 Å². The fourth-order valence-electron chi connectivity index (χ4n) is 1.08. The summed E-state index contributed by atoms with van der Waals surface area (Å²) in [6.45, 7) is -1.87. The lowest BCUT2D eigenvalue weighted by molar-refractivity contribution is -0.177. The molecule has 0 fully saturated rings. The van der Waals surface area contributed by atoms with Gasteiger partial charge in [-0.05, 0) is 0 Å². The molecule has 1 aromatic rings. The molecule has 1 N–H and O–H groups in total. The van der Waals surface area contributed by atoms with Gasteiger partial charge in [-0.1, -0.05) is 0 Å². The first-order valence-electron chi connectivity index (χ1n) is 4.20. The maximum absolute atomic E-state index is 11.8. The monoisotopic (exact) mass is 238 g/mol. The molecule has 90 valence electrons. The highest BCUT2D eigenvalue weighted by atomic mass is 19.4. The number of hydrogen-bond acceptors (Lipinski definition) is 3. The van der Waals surface area contributed by atoms with Crippen molar-refractivity contribution < 1.29 is 27.8 Å². The number of aromatic carboxylic acids is 1. The number of carboxylic acid groups (broad SMARTS) is 1. The second-order valence-corrected chi connectivity index (χ2v) is 3.04. The summed E-state index contributed by atoms with van der Waals surface area (Å²) in [6, 6.07) is 0. The fraction of sp³-hybridized carbons (Fsp3) is 0.500. The van der Waals surface area contributed by atoms with E-state index in [9.17, 15) is 18.0 Å². The minimum Gasteiger partial charge on any atom is -0.478 e. The number of halogens is 3. The Labute approximate surface area is 88.4 Å². The van der Waals surface area contributed by atoms with E-state index in [2.05, 4.69) is 9.84 Å². The van der Waals surface area contributed by atoms with Crippen LogP contribution in [-0.2, 0) is 18.4 Å². The highest BCUT2D eigenvalue weighted by molar-refractivity contribution is 5.88. The molecule has 1 aromatic heterocycles. The van der Waals surface area contributed by atoms with Gasteiger partial charge < -0.3 is 9.84 Å². The maximum atomic E-state index is 11.8. The van der Waals surface area contributed by atoms with Crippen LogP contribution in [0.25, 0.3) is 0 Å². The third-order valence-electron chi connectivity index (χ3n) is 1.80. The van der Waals surface area contributed by atoms with E-state index < -0.39 is 25.4 Å². The number of rotatable bonds is 4. The molecule has 0 bridgehead atoms. The smallest absolute Gasteiger partial charge is 0.411 e. The molecule has 0 radical (unpaired) electrons. The summed E-state index contributed by atoms with van der Waals surface area (Å²) in [4.78, 5) is 10.7. The zero-order valence-electron chi connectivity index (χ0n) is 8.28. The molecule has 0 amide bonds. The normalized spacial score (nSPS) is 11.8. The molecule has 0 spiro atoms. The van der Waals surface area contributed by atoms with Crippen LogP contribution in [-0.4, -0.2) is 33.6 Å². The summed E-state index contributed by atoms with van der Waals surface area (Å²) in [5.41, 5.74) is -0.0681. The van der Waals surface area contributed by atoms with Gasteiger partial charge in [0.2, 0.25) is 0 Å². The van der Waals surface area contributed by atoms with Crippen LogP contribution in [0.3, 0.4) is 0 Å². The largest absolute Gasteiger partial charge is 0.478 e. The average Bonchev–Trinajstić information content (AvgIpc) is 2.46. The van der Waals surface area contributed by atoms with Gasteiger partial charge in [-0.3, -0.25) is 4.68 Å². The van der Waals surface area contributed by atoms with E-state index in [-0.39, 0.29) is 11.3 Å². The van der Waals surface area contributed by atoms with E-state index >= 15 is 0 Å². The average molecular weight is 238 g/mol. The molecular weight excluding hydrogens is 229 g/mol. The molecule has 0 aliphatic heterocycles. The fourth-order valence-corrected chi connectivity index (χ4v) is 1.08. The maximum Gasteiger partial charge on any atom is 0.411 e. The molecule has 16 heavy (non-hydrogen) atoms. The molecule has 0 saturated heterocycles. The minimum atomic E-state index is -4.43. The molecule has 8 heteroatoms. The molecule has 0 aliphatic rings. The Balaban J connectivity index is 2.66. The molecule has 0 aliphatic carbocycles. The van der Waals surface area contributed by atoms with Gasteiger partial charge in [0.15, 0.2) is 0 Å². The van der Waals surface area contributed by atoms with E-state index in [0.717, 1.165) is 6.20 Å². The summed E-state index contributed by atoms with van der Waals surface area (Å²) < 4.78 is 40.9. The first kappa shape index (κ1) is 12.5. The number of alkyl halides is 3. The lowest BCUT2D eigenvalue weighted by Gasteiger charge is -2.08. The Kier molecular flexibility index (Phi) is 3.53. The number of carbonyl (C=O) groups is 1. The van der Waals surface area contributed by atoms with Gasteiger partial charge in [0.05, 0.1) is 18.5 Å². The standard InChI is InChI=1S/C8H9F3N2O3/c1-13-6(3-16-4-8(9,10)11)5(2-12-13)7(14)15/h2H,3-4H2,1H3,(H,14,15). The Morgan fingerprint density at radius 2 is 2.25 bits per heavy atom. The second kappa shape index (κ2) is 4.52. The van der Waals surface area contributed by atoms with E-state index in [0.29, 0.717) is 0 Å². The number of nitrogens with zero attached hydrogens (tertiary/aromatic N) is 2. The van der Waals surface area contributed by atoms with Crippen LogP contribution >= 0.6 is 0 Å². The Morgan fingerprint density at radius 3 is 2.75 bits per heavy atom. The van der Waals surface area contributed by atoms with Crippen LogP contribution < -0.4 is 0 Å². The highest BCUT2D eigenvalue weighted by Crippen LogP contribution is 2.16. The van der Waals surface area contributed by atoms with Crippen molar-refractivity contribution in [3.05, 3.63) is 17.5 Å². The minimum absolute atomic E-state index is 0.0942. The Hall–Kier alpha value is -1.57. The summed E-state index contributed by atoms with van der Waals surface area (Å²) >= 11 is 0. The van der Waals surface area contributed by atoms with Crippen LogP contribution in [0.15, 0.2) is 6.20 Å². The van der Waals surface area contributed by atoms with Gasteiger partial charge in [0.1, 0.15) is 12.2 Å². The first-order chi connectivity index (χ1) is 7.31.